The zero-order chi connectivity index (χ0) is 22.6. The van der Waals surface area contributed by atoms with Gasteiger partial charge in [-0.05, 0) is 43.4 Å². The lowest BCUT2D eigenvalue weighted by Gasteiger charge is -2.34. The molecule has 3 aromatic rings. The number of benzene rings is 1. The molecule has 5 rings (SSSR count). The average molecular weight is 485 g/mol. The van der Waals surface area contributed by atoms with Gasteiger partial charge < -0.3 is 14.6 Å². The van der Waals surface area contributed by atoms with Gasteiger partial charge in [-0.2, -0.15) is 0 Å². The third kappa shape index (κ3) is 5.26. The number of rotatable bonds is 7. The largest absolute Gasteiger partial charge is 0.492 e. The molecule has 1 aliphatic heterocycles. The van der Waals surface area contributed by atoms with Crippen molar-refractivity contribution in [3.8, 4) is 5.75 Å². The lowest BCUT2D eigenvalue weighted by Crippen LogP contribution is -2.50. The first-order chi connectivity index (χ1) is 16.2. The van der Waals surface area contributed by atoms with Crippen molar-refractivity contribution in [1.29, 1.82) is 0 Å². The van der Waals surface area contributed by atoms with Gasteiger partial charge in [-0.3, -0.25) is 14.5 Å². The Balaban J connectivity index is 1.10. The minimum absolute atomic E-state index is 0.0688. The number of thiophene rings is 1. The molecule has 7 nitrogen and oxygen atoms in total. The molecule has 0 saturated carbocycles. The van der Waals surface area contributed by atoms with Gasteiger partial charge in [0, 0.05) is 37.6 Å². The Morgan fingerprint density at radius 2 is 1.91 bits per heavy atom. The summed E-state index contributed by atoms with van der Waals surface area (Å²) in [5.41, 5.74) is 1.12. The van der Waals surface area contributed by atoms with Gasteiger partial charge in [0.05, 0.1) is 11.1 Å². The van der Waals surface area contributed by atoms with Crippen molar-refractivity contribution in [2.24, 2.45) is 0 Å². The number of piperazine rings is 1. The number of aromatic amines is 1. The van der Waals surface area contributed by atoms with E-state index in [-0.39, 0.29) is 17.2 Å². The van der Waals surface area contributed by atoms with E-state index in [0.717, 1.165) is 54.9 Å². The number of nitrogens with zero attached hydrogens (tertiary/aromatic N) is 3. The highest BCUT2D eigenvalue weighted by molar-refractivity contribution is 7.99. The van der Waals surface area contributed by atoms with Crippen molar-refractivity contribution < 1.29 is 9.53 Å². The number of para-hydroxylation sites is 1. The molecule has 1 saturated heterocycles. The Kier molecular flexibility index (Phi) is 6.99. The fourth-order valence-corrected chi connectivity index (χ4v) is 6.55. The first-order valence-electron chi connectivity index (χ1n) is 11.5. The molecule has 1 aromatic carbocycles. The molecule has 9 heteroatoms. The van der Waals surface area contributed by atoms with Crippen LogP contribution < -0.4 is 10.3 Å². The first kappa shape index (κ1) is 22.4. The van der Waals surface area contributed by atoms with Crippen LogP contribution in [-0.2, 0) is 17.6 Å². The monoisotopic (exact) mass is 484 g/mol. The minimum Gasteiger partial charge on any atom is -0.492 e. The van der Waals surface area contributed by atoms with Crippen LogP contribution in [0.25, 0.3) is 10.2 Å². The molecular weight excluding hydrogens is 456 g/mol. The van der Waals surface area contributed by atoms with E-state index in [0.29, 0.717) is 24.9 Å². The second kappa shape index (κ2) is 10.3. The lowest BCUT2D eigenvalue weighted by atomic mass is 9.97. The zero-order valence-corrected chi connectivity index (χ0v) is 20.2. The van der Waals surface area contributed by atoms with Crippen LogP contribution in [0.15, 0.2) is 40.3 Å². The van der Waals surface area contributed by atoms with Crippen LogP contribution in [-0.4, -0.2) is 70.8 Å². The van der Waals surface area contributed by atoms with E-state index in [1.54, 1.807) is 11.3 Å². The Morgan fingerprint density at radius 1 is 1.12 bits per heavy atom. The van der Waals surface area contributed by atoms with E-state index in [1.807, 2.05) is 35.2 Å². The zero-order valence-electron chi connectivity index (χ0n) is 18.5. The van der Waals surface area contributed by atoms with Crippen molar-refractivity contribution >= 4 is 39.2 Å². The molecule has 0 radical (unpaired) electrons. The van der Waals surface area contributed by atoms with Gasteiger partial charge in [-0.25, -0.2) is 4.98 Å². The fraction of sp³-hybridized carbons (Fsp3) is 0.458. The van der Waals surface area contributed by atoms with E-state index >= 15 is 0 Å². The highest BCUT2D eigenvalue weighted by Crippen LogP contribution is 2.34. The number of thioether (sulfide) groups is 1. The molecule has 1 fully saturated rings. The third-order valence-electron chi connectivity index (χ3n) is 6.28. The molecule has 0 bridgehead atoms. The summed E-state index contributed by atoms with van der Waals surface area (Å²) < 4.78 is 5.78. The first-order valence-corrected chi connectivity index (χ1v) is 13.3. The van der Waals surface area contributed by atoms with Crippen molar-refractivity contribution in [2.75, 3.05) is 45.1 Å². The van der Waals surface area contributed by atoms with Gasteiger partial charge in [0.2, 0.25) is 5.91 Å². The van der Waals surface area contributed by atoms with Gasteiger partial charge in [-0.1, -0.05) is 30.0 Å². The minimum atomic E-state index is -0.0688. The van der Waals surface area contributed by atoms with Crippen molar-refractivity contribution in [3.63, 3.8) is 0 Å². The van der Waals surface area contributed by atoms with E-state index in [2.05, 4.69) is 14.9 Å². The van der Waals surface area contributed by atoms with E-state index in [4.69, 9.17) is 4.74 Å². The normalized spacial score (nSPS) is 16.7. The summed E-state index contributed by atoms with van der Waals surface area (Å²) in [6.45, 7) is 4.60. The summed E-state index contributed by atoms with van der Waals surface area (Å²) in [6.07, 6.45) is 4.33. The van der Waals surface area contributed by atoms with Crippen LogP contribution in [0.5, 0.6) is 5.75 Å². The van der Waals surface area contributed by atoms with Crippen molar-refractivity contribution in [1.82, 2.24) is 19.8 Å². The molecule has 3 heterocycles. The highest BCUT2D eigenvalue weighted by Gasteiger charge is 2.23. The Labute approximate surface area is 201 Å². The molecule has 33 heavy (non-hydrogen) atoms. The summed E-state index contributed by atoms with van der Waals surface area (Å²) in [5, 5.41) is 1.30. The van der Waals surface area contributed by atoms with Gasteiger partial charge in [0.1, 0.15) is 17.2 Å². The maximum Gasteiger partial charge on any atom is 0.260 e. The number of hydrogen-bond donors (Lipinski definition) is 1. The lowest BCUT2D eigenvalue weighted by molar-refractivity contribution is -0.130. The van der Waals surface area contributed by atoms with Gasteiger partial charge >= 0.3 is 0 Å². The average Bonchev–Trinajstić information content (AvgIpc) is 3.22. The third-order valence-corrected chi connectivity index (χ3v) is 8.32. The quantitative estimate of drug-likeness (QED) is 0.410. The number of carbonyl (C=O) groups is 1. The van der Waals surface area contributed by atoms with Gasteiger partial charge in [0.15, 0.2) is 5.16 Å². The summed E-state index contributed by atoms with van der Waals surface area (Å²) in [5.74, 6) is 1.26. The molecule has 2 aliphatic rings. The number of hydrogen-bond acceptors (Lipinski definition) is 7. The molecule has 0 unspecified atom stereocenters. The van der Waals surface area contributed by atoms with Gasteiger partial charge in [0.25, 0.3) is 5.56 Å². The van der Waals surface area contributed by atoms with Crippen LogP contribution >= 0.6 is 23.1 Å². The SMILES string of the molecule is O=C(CSc1nc2sc3c(c2c(=O)[nH]1)CCCC3)N1CCN(CCOc2ccccc2)CC1. The number of ether oxygens (including phenoxy) is 1. The van der Waals surface area contributed by atoms with E-state index in [9.17, 15) is 9.59 Å². The number of carbonyl (C=O) groups excluding carboxylic acids is 1. The van der Waals surface area contributed by atoms with Crippen LogP contribution in [0.3, 0.4) is 0 Å². The molecule has 1 N–H and O–H groups in total. The molecule has 1 amide bonds. The second-order valence-corrected chi connectivity index (χ2v) is 10.5. The van der Waals surface area contributed by atoms with Crippen LogP contribution in [0.4, 0.5) is 0 Å². The molecule has 2 aromatic heterocycles. The maximum atomic E-state index is 12.7. The van der Waals surface area contributed by atoms with E-state index < -0.39 is 0 Å². The highest BCUT2D eigenvalue weighted by atomic mass is 32.2. The summed E-state index contributed by atoms with van der Waals surface area (Å²) in [7, 11) is 0. The van der Waals surface area contributed by atoms with E-state index in [1.165, 1.54) is 28.6 Å². The molecular formula is C24H28N4O3S2. The second-order valence-electron chi connectivity index (χ2n) is 8.43. The number of nitrogens with one attached hydrogen (secondary N) is 1. The predicted molar refractivity (Wildman–Crippen MR) is 133 cm³/mol. The standard InChI is InChI=1S/C24H28N4O3S2/c29-20(28-12-10-27(11-13-28)14-15-31-17-6-2-1-3-7-17)16-32-24-25-22(30)21-18-8-4-5-9-19(18)33-23(21)26-24/h1-3,6-7H,4-5,8-16H2,(H,25,26,30). The fourth-order valence-electron chi connectivity index (χ4n) is 4.46. The number of fused-ring (bicyclic) bond motifs is 3. The van der Waals surface area contributed by atoms with Gasteiger partial charge in [-0.15, -0.1) is 11.3 Å². The van der Waals surface area contributed by atoms with Crippen LogP contribution in [0.2, 0.25) is 0 Å². The Bertz CT molecular complexity index is 1170. The number of aryl methyl sites for hydroxylation is 2. The Morgan fingerprint density at radius 3 is 2.73 bits per heavy atom. The smallest absolute Gasteiger partial charge is 0.260 e. The summed E-state index contributed by atoms with van der Waals surface area (Å²) in [6, 6.07) is 9.83. The number of aromatic nitrogens is 2. The van der Waals surface area contributed by atoms with Crippen molar-refractivity contribution in [3.05, 3.63) is 51.1 Å². The molecule has 0 atom stereocenters. The molecule has 174 valence electrons. The topological polar surface area (TPSA) is 78.5 Å². The molecule has 0 spiro atoms. The van der Waals surface area contributed by atoms with Crippen LogP contribution in [0.1, 0.15) is 23.3 Å². The van der Waals surface area contributed by atoms with Crippen LogP contribution in [0, 0.1) is 0 Å². The van der Waals surface area contributed by atoms with Crippen molar-refractivity contribution in [2.45, 2.75) is 30.8 Å². The maximum absolute atomic E-state index is 12.7. The summed E-state index contributed by atoms with van der Waals surface area (Å²) >= 11 is 2.96. The predicted octanol–water partition coefficient (Wildman–Crippen LogP) is 3.18. The number of H-pyrrole nitrogens is 1. The molecule has 1 aliphatic carbocycles. The number of amides is 1. The Hall–Kier alpha value is -2.36. The summed E-state index contributed by atoms with van der Waals surface area (Å²) in [4.78, 5) is 39.3.